The molecular weight excluding hydrogens is 232 g/mol. The number of hydrogen-bond acceptors (Lipinski definition) is 2. The number of hydrogen-bond donors (Lipinski definition) is 0. The Kier molecular flexibility index (Phi) is 4.27. The summed E-state index contributed by atoms with van der Waals surface area (Å²) in [7, 11) is 0. The Bertz CT molecular complexity index is 378. The van der Waals surface area contributed by atoms with Gasteiger partial charge in [0.1, 0.15) is 5.82 Å². The molecule has 1 aliphatic rings. The van der Waals surface area contributed by atoms with Crippen molar-refractivity contribution in [3.63, 3.8) is 0 Å². The van der Waals surface area contributed by atoms with E-state index in [-0.39, 0.29) is 0 Å². The molecule has 2 nitrogen and oxygen atoms in total. The highest BCUT2D eigenvalue weighted by atomic mass is 35.5. The van der Waals surface area contributed by atoms with Crippen molar-refractivity contribution < 1.29 is 0 Å². The molecule has 2 heterocycles. The van der Waals surface area contributed by atoms with E-state index >= 15 is 0 Å². The average molecular weight is 253 g/mol. The molecule has 0 bridgehead atoms. The predicted molar refractivity (Wildman–Crippen MR) is 73.8 cm³/mol. The van der Waals surface area contributed by atoms with Gasteiger partial charge < -0.3 is 4.90 Å². The molecular formula is C14H21ClN2. The molecule has 0 saturated carbocycles. The maximum atomic E-state index is 5.84. The lowest BCUT2D eigenvalue weighted by atomic mass is 10.1. The van der Waals surface area contributed by atoms with Crippen LogP contribution in [0.5, 0.6) is 0 Å². The maximum Gasteiger partial charge on any atom is 0.131 e. The Balaban J connectivity index is 2.25. The molecule has 1 aromatic rings. The molecule has 0 radical (unpaired) electrons. The number of aromatic nitrogens is 1. The van der Waals surface area contributed by atoms with Crippen molar-refractivity contribution in [1.29, 1.82) is 0 Å². The first-order chi connectivity index (χ1) is 8.22. The maximum absolute atomic E-state index is 5.84. The van der Waals surface area contributed by atoms with Crippen LogP contribution in [0.15, 0.2) is 12.3 Å². The molecule has 1 unspecified atom stereocenters. The second-order valence-corrected chi connectivity index (χ2v) is 5.28. The number of alkyl halides is 1. The molecule has 0 aliphatic carbocycles. The van der Waals surface area contributed by atoms with Gasteiger partial charge in [-0.3, -0.25) is 0 Å². The Morgan fingerprint density at radius 1 is 1.41 bits per heavy atom. The predicted octanol–water partition coefficient (Wildman–Crippen LogP) is 3.90. The Hall–Kier alpha value is -0.760. The molecule has 17 heavy (non-hydrogen) atoms. The molecule has 0 spiro atoms. The summed E-state index contributed by atoms with van der Waals surface area (Å²) in [4.78, 5) is 7.06. The number of rotatable bonds is 2. The van der Waals surface area contributed by atoms with Crippen LogP contribution in [0, 0.1) is 6.92 Å². The van der Waals surface area contributed by atoms with Crippen LogP contribution in [0.3, 0.4) is 0 Å². The van der Waals surface area contributed by atoms with E-state index in [0.717, 1.165) is 17.9 Å². The fourth-order valence-electron chi connectivity index (χ4n) is 2.59. The second-order valence-electron chi connectivity index (χ2n) is 5.01. The molecule has 2 rings (SSSR count). The topological polar surface area (TPSA) is 16.1 Å². The van der Waals surface area contributed by atoms with Gasteiger partial charge in [-0.15, -0.1) is 11.6 Å². The van der Waals surface area contributed by atoms with Crippen molar-refractivity contribution in [1.82, 2.24) is 4.98 Å². The van der Waals surface area contributed by atoms with Gasteiger partial charge in [-0.05, 0) is 43.9 Å². The van der Waals surface area contributed by atoms with Gasteiger partial charge >= 0.3 is 0 Å². The largest absolute Gasteiger partial charge is 0.354 e. The number of halogens is 1. The molecule has 94 valence electrons. The van der Waals surface area contributed by atoms with E-state index in [1.165, 1.54) is 31.2 Å². The number of nitrogens with zero attached hydrogens (tertiary/aromatic N) is 2. The van der Waals surface area contributed by atoms with Crippen molar-refractivity contribution >= 4 is 17.4 Å². The van der Waals surface area contributed by atoms with Crippen molar-refractivity contribution in [3.8, 4) is 0 Å². The van der Waals surface area contributed by atoms with E-state index in [9.17, 15) is 0 Å². The van der Waals surface area contributed by atoms with E-state index in [1.54, 1.807) is 0 Å². The molecule has 0 amide bonds. The van der Waals surface area contributed by atoms with Crippen LogP contribution in [0.2, 0.25) is 0 Å². The molecule has 1 aliphatic heterocycles. The summed E-state index contributed by atoms with van der Waals surface area (Å²) in [5.41, 5.74) is 2.35. The molecule has 1 aromatic heterocycles. The minimum atomic E-state index is 0.545. The summed E-state index contributed by atoms with van der Waals surface area (Å²) in [5.74, 6) is 1.69. The molecule has 1 saturated heterocycles. The summed E-state index contributed by atoms with van der Waals surface area (Å²) >= 11 is 5.84. The van der Waals surface area contributed by atoms with Crippen LogP contribution in [-0.4, -0.2) is 17.6 Å². The van der Waals surface area contributed by atoms with Crippen molar-refractivity contribution in [3.05, 3.63) is 23.4 Å². The zero-order valence-electron chi connectivity index (χ0n) is 10.7. The molecule has 3 heteroatoms. The SMILES string of the molecule is Cc1cc(CCl)cnc1N1CCCCCC1C. The average Bonchev–Trinajstić information content (AvgIpc) is 2.54. The highest BCUT2D eigenvalue weighted by molar-refractivity contribution is 6.17. The van der Waals surface area contributed by atoms with E-state index in [1.807, 2.05) is 6.20 Å². The Morgan fingerprint density at radius 3 is 2.94 bits per heavy atom. The van der Waals surface area contributed by atoms with Crippen molar-refractivity contribution in [2.45, 2.75) is 51.5 Å². The van der Waals surface area contributed by atoms with E-state index in [0.29, 0.717) is 11.9 Å². The van der Waals surface area contributed by atoms with E-state index in [4.69, 9.17) is 11.6 Å². The third kappa shape index (κ3) is 2.92. The normalized spacial score (nSPS) is 21.4. The lowest BCUT2D eigenvalue weighted by Gasteiger charge is -2.29. The minimum Gasteiger partial charge on any atom is -0.354 e. The first-order valence-electron chi connectivity index (χ1n) is 6.50. The smallest absolute Gasteiger partial charge is 0.131 e. The van der Waals surface area contributed by atoms with Gasteiger partial charge in [0.25, 0.3) is 0 Å². The zero-order valence-corrected chi connectivity index (χ0v) is 11.5. The monoisotopic (exact) mass is 252 g/mol. The van der Waals surface area contributed by atoms with Gasteiger partial charge in [-0.2, -0.15) is 0 Å². The van der Waals surface area contributed by atoms with E-state index < -0.39 is 0 Å². The van der Waals surface area contributed by atoms with Gasteiger partial charge in [0.05, 0.1) is 0 Å². The van der Waals surface area contributed by atoms with Gasteiger partial charge in [0, 0.05) is 24.7 Å². The highest BCUT2D eigenvalue weighted by Gasteiger charge is 2.19. The van der Waals surface area contributed by atoms with Crippen LogP contribution in [0.4, 0.5) is 5.82 Å². The van der Waals surface area contributed by atoms with Gasteiger partial charge in [-0.25, -0.2) is 4.98 Å². The molecule has 1 atom stereocenters. The quantitative estimate of drug-likeness (QED) is 0.743. The van der Waals surface area contributed by atoms with Crippen molar-refractivity contribution in [2.75, 3.05) is 11.4 Å². The van der Waals surface area contributed by atoms with Crippen LogP contribution in [0.1, 0.15) is 43.7 Å². The lowest BCUT2D eigenvalue weighted by molar-refractivity contribution is 0.610. The van der Waals surface area contributed by atoms with Gasteiger partial charge in [-0.1, -0.05) is 12.8 Å². The Labute approximate surface area is 109 Å². The van der Waals surface area contributed by atoms with Crippen LogP contribution >= 0.6 is 11.6 Å². The summed E-state index contributed by atoms with van der Waals surface area (Å²) in [5, 5.41) is 0. The van der Waals surface area contributed by atoms with Crippen LogP contribution in [0.25, 0.3) is 0 Å². The third-order valence-electron chi connectivity index (χ3n) is 3.59. The summed E-state index contributed by atoms with van der Waals surface area (Å²) in [6.07, 6.45) is 7.16. The number of anilines is 1. The van der Waals surface area contributed by atoms with Crippen molar-refractivity contribution in [2.24, 2.45) is 0 Å². The number of aryl methyl sites for hydroxylation is 1. The first-order valence-corrected chi connectivity index (χ1v) is 7.04. The first kappa shape index (κ1) is 12.7. The lowest BCUT2D eigenvalue weighted by Crippen LogP contribution is -2.33. The van der Waals surface area contributed by atoms with Gasteiger partial charge in [0.2, 0.25) is 0 Å². The molecule has 1 fully saturated rings. The highest BCUT2D eigenvalue weighted by Crippen LogP contribution is 2.25. The van der Waals surface area contributed by atoms with Gasteiger partial charge in [0.15, 0.2) is 0 Å². The molecule has 0 aromatic carbocycles. The molecule has 0 N–H and O–H groups in total. The minimum absolute atomic E-state index is 0.545. The fourth-order valence-corrected chi connectivity index (χ4v) is 2.74. The zero-order chi connectivity index (χ0) is 12.3. The standard InChI is InChI=1S/C14H21ClN2/c1-11-8-13(9-15)10-16-14(11)17-7-5-3-4-6-12(17)2/h8,10,12H,3-7,9H2,1-2H3. The van der Waals surface area contributed by atoms with E-state index in [2.05, 4.69) is 29.8 Å². The number of pyridine rings is 1. The summed E-state index contributed by atoms with van der Waals surface area (Å²) in [6.45, 7) is 5.58. The van der Waals surface area contributed by atoms with Crippen LogP contribution in [-0.2, 0) is 5.88 Å². The summed E-state index contributed by atoms with van der Waals surface area (Å²) in [6, 6.07) is 2.76. The third-order valence-corrected chi connectivity index (χ3v) is 3.90. The fraction of sp³-hybridized carbons (Fsp3) is 0.643. The Morgan fingerprint density at radius 2 is 2.24 bits per heavy atom. The summed E-state index contributed by atoms with van der Waals surface area (Å²) < 4.78 is 0. The van der Waals surface area contributed by atoms with Crippen LogP contribution < -0.4 is 4.90 Å². The second kappa shape index (κ2) is 5.72.